The van der Waals surface area contributed by atoms with E-state index in [1.807, 2.05) is 37.3 Å². The van der Waals surface area contributed by atoms with Gasteiger partial charge in [-0.3, -0.25) is 14.4 Å². The molecule has 3 aliphatic rings. The number of piperazine rings is 1. The number of nitrogens with one attached hydrogen (secondary N) is 2. The number of aromatic nitrogens is 3. The van der Waals surface area contributed by atoms with Gasteiger partial charge in [-0.25, -0.2) is 9.67 Å². The van der Waals surface area contributed by atoms with Crippen LogP contribution < -0.4 is 15.5 Å². The highest BCUT2D eigenvalue weighted by Gasteiger charge is 2.29. The first-order chi connectivity index (χ1) is 28.1. The molecule has 13 nitrogen and oxygen atoms in total. The van der Waals surface area contributed by atoms with Crippen LogP contribution in [0.2, 0.25) is 0 Å². The molecule has 2 fully saturated rings. The molecule has 2 unspecified atom stereocenters. The number of anilines is 2. The van der Waals surface area contributed by atoms with E-state index in [-0.39, 0.29) is 30.8 Å². The van der Waals surface area contributed by atoms with Crippen LogP contribution in [0.1, 0.15) is 112 Å². The number of carbonyl (C=O) groups is 3. The quantitative estimate of drug-likeness (QED) is 0.108. The topological polar surface area (TPSA) is 156 Å². The van der Waals surface area contributed by atoms with Crippen molar-refractivity contribution in [1.29, 1.82) is 0 Å². The second kappa shape index (κ2) is 22.6. The highest BCUT2D eigenvalue weighted by molar-refractivity contribution is 5.79. The van der Waals surface area contributed by atoms with Gasteiger partial charge in [0.25, 0.3) is 0 Å². The number of amides is 2. The Hall–Kier alpha value is -4.49. The van der Waals surface area contributed by atoms with Gasteiger partial charge in [0.1, 0.15) is 5.82 Å². The largest absolute Gasteiger partial charge is 0.481 e. The Kier molecular flexibility index (Phi) is 17.4. The summed E-state index contributed by atoms with van der Waals surface area (Å²) in [5, 5.41) is 30.2. The maximum absolute atomic E-state index is 13.1. The van der Waals surface area contributed by atoms with Crippen LogP contribution in [0.25, 0.3) is 5.69 Å². The van der Waals surface area contributed by atoms with E-state index in [9.17, 15) is 19.5 Å². The number of carboxylic acid groups (broad SMARTS) is 1. The van der Waals surface area contributed by atoms with Gasteiger partial charge in [0, 0.05) is 94.8 Å². The number of rotatable bonds is 19. The van der Waals surface area contributed by atoms with Crippen LogP contribution in [-0.2, 0) is 27.2 Å². The highest BCUT2D eigenvalue weighted by atomic mass is 16.4. The summed E-state index contributed by atoms with van der Waals surface area (Å²) in [4.78, 5) is 49.2. The van der Waals surface area contributed by atoms with Gasteiger partial charge in [-0.1, -0.05) is 19.9 Å². The summed E-state index contributed by atoms with van der Waals surface area (Å²) in [7, 11) is 0. The summed E-state index contributed by atoms with van der Waals surface area (Å²) in [6, 6.07) is 12.9. The second-order valence-corrected chi connectivity index (χ2v) is 16.1. The fraction of sp³-hybridized carbons (Fsp3) is 0.622. The summed E-state index contributed by atoms with van der Waals surface area (Å²) in [6.45, 7) is 14.8. The van der Waals surface area contributed by atoms with E-state index in [0.717, 1.165) is 111 Å². The molecule has 3 aliphatic heterocycles. The Labute approximate surface area is 345 Å². The number of hydrogen-bond donors (Lipinski definition) is 4. The number of carboxylic acids is 1. The first-order valence-electron chi connectivity index (χ1n) is 21.9. The normalized spacial score (nSPS) is 17.2. The highest BCUT2D eigenvalue weighted by Crippen LogP contribution is 2.32. The van der Waals surface area contributed by atoms with E-state index in [4.69, 9.17) is 15.2 Å². The van der Waals surface area contributed by atoms with Crippen LogP contribution in [-0.4, -0.2) is 118 Å². The molecule has 318 valence electrons. The number of benzene rings is 1. The molecule has 2 atom stereocenters. The molecule has 58 heavy (non-hydrogen) atoms. The van der Waals surface area contributed by atoms with Crippen LogP contribution >= 0.6 is 0 Å². The number of aliphatic carboxylic acids is 1. The van der Waals surface area contributed by atoms with Crippen molar-refractivity contribution in [3.05, 3.63) is 64.6 Å². The number of carbonyl (C=O) groups excluding carboxylic acids is 2. The predicted octanol–water partition coefficient (Wildman–Crippen LogP) is 5.88. The zero-order chi connectivity index (χ0) is 41.4. The third-order valence-electron chi connectivity index (χ3n) is 11.6. The average molecular weight is 801 g/mol. The van der Waals surface area contributed by atoms with Crippen LogP contribution in [0.3, 0.4) is 0 Å². The lowest BCUT2D eigenvalue weighted by Gasteiger charge is -2.37. The molecule has 2 amide bonds. The molecule has 1 aromatic carbocycles. The smallest absolute Gasteiger partial charge is 0.304 e. The lowest BCUT2D eigenvalue weighted by molar-refractivity contribution is -0.137. The molecule has 3 aromatic rings. The minimum Gasteiger partial charge on any atom is -0.481 e. The molecule has 2 saturated heterocycles. The van der Waals surface area contributed by atoms with E-state index < -0.39 is 5.97 Å². The fourth-order valence-corrected chi connectivity index (χ4v) is 8.54. The van der Waals surface area contributed by atoms with Crippen LogP contribution in [0.4, 0.5) is 11.5 Å². The van der Waals surface area contributed by atoms with Gasteiger partial charge < -0.3 is 35.5 Å². The number of aryl methyl sites for hydroxylation is 4. The summed E-state index contributed by atoms with van der Waals surface area (Å²) >= 11 is 0. The van der Waals surface area contributed by atoms with Gasteiger partial charge >= 0.3 is 5.97 Å². The predicted molar refractivity (Wildman–Crippen MR) is 230 cm³/mol. The molecule has 0 spiro atoms. The Morgan fingerprint density at radius 3 is 2.48 bits per heavy atom. The molecule has 5 heterocycles. The number of nitrogens with zero attached hydrogens (tertiary/aromatic N) is 6. The molecular formula is C45H68N8O5. The Morgan fingerprint density at radius 1 is 0.948 bits per heavy atom. The van der Waals surface area contributed by atoms with Crippen molar-refractivity contribution in [3.63, 3.8) is 0 Å². The van der Waals surface area contributed by atoms with Crippen molar-refractivity contribution in [3.8, 4) is 5.69 Å². The minimum atomic E-state index is -0.807. The molecule has 6 rings (SSSR count). The van der Waals surface area contributed by atoms with Crippen molar-refractivity contribution >= 4 is 29.3 Å². The second-order valence-electron chi connectivity index (χ2n) is 16.1. The number of likely N-dealkylation sites (tertiary alicyclic amines) is 1. The van der Waals surface area contributed by atoms with Crippen LogP contribution in [0, 0.1) is 19.8 Å². The zero-order valence-electron chi connectivity index (χ0n) is 35.5. The Morgan fingerprint density at radius 2 is 1.74 bits per heavy atom. The van der Waals surface area contributed by atoms with Crippen molar-refractivity contribution in [2.45, 2.75) is 111 Å². The SMILES string of the molecule is CC.Cc1cc(C)n(-c2cc(C(CC(=O)O)CN3CCC(CCc4ccc5c(n4)NCCC5)C3)cc(N3CCN(C(=O)CCCC(=O)NCCCCCO)CC3)c2)n1. The van der Waals surface area contributed by atoms with Gasteiger partial charge in [0.05, 0.1) is 17.8 Å². The van der Waals surface area contributed by atoms with Gasteiger partial charge in [-0.15, -0.1) is 0 Å². The standard InChI is InChI=1S/C43H62N8O5.C2H6/c1-31-24-32(2)51(47-31)39-26-35(25-38(28-39)49-19-21-50(22-20-49)41(54)10-6-9-40(53)44-16-4-3-5-23-52)36(27-42(55)56)30-48-18-15-33(29-48)11-13-37-14-12-34-8-7-17-45-43(34)46-37;1-2/h12,14,24-26,28,33,36,52H,3-11,13,15-23,27,29-30H2,1-2H3,(H,44,53)(H,45,46)(H,55,56);1-2H3. The number of aliphatic hydroxyl groups is 1. The lowest BCUT2D eigenvalue weighted by Crippen LogP contribution is -2.48. The van der Waals surface area contributed by atoms with Crippen molar-refractivity contribution in [2.75, 3.05) is 75.7 Å². The van der Waals surface area contributed by atoms with Gasteiger partial charge in [0.15, 0.2) is 0 Å². The minimum absolute atomic E-state index is 0.0353. The molecule has 0 bridgehead atoms. The number of fused-ring (bicyclic) bond motifs is 1. The first-order valence-corrected chi connectivity index (χ1v) is 21.9. The monoisotopic (exact) mass is 801 g/mol. The molecule has 0 radical (unpaired) electrons. The molecule has 2 aromatic heterocycles. The van der Waals surface area contributed by atoms with Gasteiger partial charge in [-0.2, -0.15) is 5.10 Å². The summed E-state index contributed by atoms with van der Waals surface area (Å²) in [6.07, 6.45) is 9.05. The lowest BCUT2D eigenvalue weighted by atomic mass is 9.93. The Bertz CT molecular complexity index is 1790. The summed E-state index contributed by atoms with van der Waals surface area (Å²) < 4.78 is 1.95. The van der Waals surface area contributed by atoms with Crippen molar-refractivity contribution in [2.24, 2.45) is 5.92 Å². The van der Waals surface area contributed by atoms with E-state index in [2.05, 4.69) is 56.8 Å². The van der Waals surface area contributed by atoms with Crippen molar-refractivity contribution < 1.29 is 24.6 Å². The van der Waals surface area contributed by atoms with E-state index in [1.54, 1.807) is 0 Å². The number of pyridine rings is 1. The van der Waals surface area contributed by atoms with E-state index in [1.165, 1.54) is 5.56 Å². The number of unbranched alkanes of at least 4 members (excludes halogenated alkanes) is 2. The maximum atomic E-state index is 13.1. The average Bonchev–Trinajstić information content (AvgIpc) is 3.84. The molecule has 13 heteroatoms. The fourth-order valence-electron chi connectivity index (χ4n) is 8.54. The van der Waals surface area contributed by atoms with Crippen LogP contribution in [0.5, 0.6) is 0 Å². The maximum Gasteiger partial charge on any atom is 0.304 e. The van der Waals surface area contributed by atoms with Gasteiger partial charge in [0.2, 0.25) is 11.8 Å². The van der Waals surface area contributed by atoms with E-state index in [0.29, 0.717) is 64.4 Å². The molecule has 0 saturated carbocycles. The summed E-state index contributed by atoms with van der Waals surface area (Å²) in [5.41, 5.74) is 7.30. The third-order valence-corrected chi connectivity index (χ3v) is 11.6. The zero-order valence-corrected chi connectivity index (χ0v) is 35.5. The van der Waals surface area contributed by atoms with E-state index >= 15 is 0 Å². The van der Waals surface area contributed by atoms with Crippen molar-refractivity contribution in [1.82, 2.24) is 29.9 Å². The number of hydrogen-bond acceptors (Lipinski definition) is 9. The summed E-state index contributed by atoms with van der Waals surface area (Å²) in [5.74, 6) is 0.624. The molecule has 0 aliphatic carbocycles. The first kappa shape index (κ1) is 44.6. The Balaban J connectivity index is 0.00000315. The van der Waals surface area contributed by atoms with Gasteiger partial charge in [-0.05, 0) is 126 Å². The number of aliphatic hydroxyl groups excluding tert-OH is 1. The molecular weight excluding hydrogens is 733 g/mol. The third kappa shape index (κ3) is 13.0. The molecule has 4 N–H and O–H groups in total. The van der Waals surface area contributed by atoms with Crippen LogP contribution in [0.15, 0.2) is 36.4 Å².